The molecule has 2 heterocycles. The number of halogens is 1. The Morgan fingerprint density at radius 3 is 2.67 bits per heavy atom. The molecule has 24 heavy (non-hydrogen) atoms. The minimum absolute atomic E-state index is 0. The Balaban J connectivity index is 0.00000288. The fourth-order valence-electron chi connectivity index (χ4n) is 2.45. The SMILES string of the molecule is CCNC(=NCCc1csc(N2CCCC2)n1)NC(C)C(C)C.I. The summed E-state index contributed by atoms with van der Waals surface area (Å²) in [7, 11) is 0. The second kappa shape index (κ2) is 11.1. The van der Waals surface area contributed by atoms with Gasteiger partial charge in [0, 0.05) is 44.0 Å². The lowest BCUT2D eigenvalue weighted by Gasteiger charge is -2.20. The number of hydrogen-bond acceptors (Lipinski definition) is 4. The van der Waals surface area contributed by atoms with E-state index >= 15 is 0 Å². The van der Waals surface area contributed by atoms with Gasteiger partial charge in [0.05, 0.1) is 5.69 Å². The first kappa shape index (κ1) is 21.5. The lowest BCUT2D eigenvalue weighted by Crippen LogP contribution is -2.44. The van der Waals surface area contributed by atoms with Gasteiger partial charge in [0.1, 0.15) is 0 Å². The number of nitrogens with one attached hydrogen (secondary N) is 2. The van der Waals surface area contributed by atoms with Gasteiger partial charge in [-0.25, -0.2) is 4.98 Å². The van der Waals surface area contributed by atoms with Crippen molar-refractivity contribution in [2.45, 2.75) is 53.0 Å². The van der Waals surface area contributed by atoms with E-state index in [9.17, 15) is 0 Å². The normalized spacial score (nSPS) is 16.2. The van der Waals surface area contributed by atoms with Crippen LogP contribution in [0.1, 0.15) is 46.2 Å². The van der Waals surface area contributed by atoms with Crippen LogP contribution in [0.25, 0.3) is 0 Å². The Morgan fingerprint density at radius 2 is 2.04 bits per heavy atom. The van der Waals surface area contributed by atoms with E-state index in [4.69, 9.17) is 4.98 Å². The molecule has 1 atom stereocenters. The van der Waals surface area contributed by atoms with Crippen molar-refractivity contribution in [1.82, 2.24) is 15.6 Å². The summed E-state index contributed by atoms with van der Waals surface area (Å²) in [6, 6.07) is 0.411. The standard InChI is InChI=1S/C17H31N5S.HI/c1-5-18-16(20-14(4)13(2)3)19-9-8-15-12-23-17(21-15)22-10-6-7-11-22;/h12-14H,5-11H2,1-4H3,(H2,18,19,20);1H. The smallest absolute Gasteiger partial charge is 0.191 e. The van der Waals surface area contributed by atoms with E-state index in [0.717, 1.165) is 44.3 Å². The topological polar surface area (TPSA) is 52.6 Å². The van der Waals surface area contributed by atoms with Crippen molar-refractivity contribution < 1.29 is 0 Å². The lowest BCUT2D eigenvalue weighted by atomic mass is 10.1. The van der Waals surface area contributed by atoms with Crippen LogP contribution in [0.5, 0.6) is 0 Å². The van der Waals surface area contributed by atoms with Crippen LogP contribution in [0.15, 0.2) is 10.4 Å². The van der Waals surface area contributed by atoms with Crippen LogP contribution in [0, 0.1) is 5.92 Å². The number of thiazole rings is 1. The molecule has 138 valence electrons. The fourth-order valence-corrected chi connectivity index (χ4v) is 3.36. The summed E-state index contributed by atoms with van der Waals surface area (Å²) in [5.74, 6) is 1.49. The van der Waals surface area contributed by atoms with Gasteiger partial charge in [-0.1, -0.05) is 13.8 Å². The minimum Gasteiger partial charge on any atom is -0.357 e. The molecule has 0 aliphatic carbocycles. The Hall–Kier alpha value is -0.570. The third-order valence-corrected chi connectivity index (χ3v) is 5.21. The molecule has 7 heteroatoms. The van der Waals surface area contributed by atoms with Gasteiger partial charge in [0.15, 0.2) is 11.1 Å². The molecule has 0 bridgehead atoms. The second-order valence-corrected chi connectivity index (χ2v) is 7.34. The highest BCUT2D eigenvalue weighted by molar-refractivity contribution is 14.0. The Bertz CT molecular complexity index is 497. The largest absolute Gasteiger partial charge is 0.357 e. The molecule has 1 aromatic rings. The van der Waals surface area contributed by atoms with E-state index in [0.29, 0.717) is 12.0 Å². The van der Waals surface area contributed by atoms with Gasteiger partial charge in [-0.3, -0.25) is 4.99 Å². The van der Waals surface area contributed by atoms with Gasteiger partial charge in [-0.15, -0.1) is 35.3 Å². The van der Waals surface area contributed by atoms with E-state index in [1.54, 1.807) is 11.3 Å². The van der Waals surface area contributed by atoms with Crippen molar-refractivity contribution in [3.05, 3.63) is 11.1 Å². The summed E-state index contributed by atoms with van der Waals surface area (Å²) >= 11 is 1.77. The molecule has 0 spiro atoms. The number of anilines is 1. The number of rotatable bonds is 7. The van der Waals surface area contributed by atoms with Crippen molar-refractivity contribution in [1.29, 1.82) is 0 Å². The third kappa shape index (κ3) is 6.74. The summed E-state index contributed by atoms with van der Waals surface area (Å²) in [4.78, 5) is 11.8. The zero-order chi connectivity index (χ0) is 16.7. The highest BCUT2D eigenvalue weighted by Crippen LogP contribution is 2.24. The number of hydrogen-bond donors (Lipinski definition) is 2. The quantitative estimate of drug-likeness (QED) is 0.368. The van der Waals surface area contributed by atoms with Crippen molar-refractivity contribution in [2.24, 2.45) is 10.9 Å². The average Bonchev–Trinajstić information content (AvgIpc) is 3.18. The number of nitrogens with zero attached hydrogens (tertiary/aromatic N) is 3. The monoisotopic (exact) mass is 465 g/mol. The molecule has 1 unspecified atom stereocenters. The first-order valence-corrected chi connectivity index (χ1v) is 9.72. The van der Waals surface area contributed by atoms with Crippen LogP contribution >= 0.6 is 35.3 Å². The highest BCUT2D eigenvalue weighted by Gasteiger charge is 2.15. The molecule has 0 aromatic carbocycles. The molecule has 1 aliphatic heterocycles. The molecule has 2 N–H and O–H groups in total. The van der Waals surface area contributed by atoms with Gasteiger partial charge in [0.25, 0.3) is 0 Å². The van der Waals surface area contributed by atoms with E-state index in [2.05, 4.69) is 53.6 Å². The summed E-state index contributed by atoms with van der Waals surface area (Å²) in [5.41, 5.74) is 1.16. The predicted octanol–water partition coefficient (Wildman–Crippen LogP) is 3.50. The maximum absolute atomic E-state index is 4.76. The van der Waals surface area contributed by atoms with Gasteiger partial charge in [-0.05, 0) is 32.6 Å². The molecule has 2 rings (SSSR count). The Morgan fingerprint density at radius 1 is 1.33 bits per heavy atom. The van der Waals surface area contributed by atoms with E-state index in [-0.39, 0.29) is 24.0 Å². The Labute approximate surface area is 167 Å². The maximum Gasteiger partial charge on any atom is 0.191 e. The summed E-state index contributed by atoms with van der Waals surface area (Å²) in [5, 5.41) is 10.1. The summed E-state index contributed by atoms with van der Waals surface area (Å²) in [6.45, 7) is 12.7. The molecule has 1 saturated heterocycles. The van der Waals surface area contributed by atoms with Gasteiger partial charge >= 0.3 is 0 Å². The molecule has 0 radical (unpaired) electrons. The van der Waals surface area contributed by atoms with E-state index < -0.39 is 0 Å². The highest BCUT2D eigenvalue weighted by atomic mass is 127. The predicted molar refractivity (Wildman–Crippen MR) is 116 cm³/mol. The number of guanidine groups is 1. The molecule has 0 amide bonds. The van der Waals surface area contributed by atoms with Crippen LogP contribution in [0.4, 0.5) is 5.13 Å². The van der Waals surface area contributed by atoms with E-state index in [1.807, 2.05) is 0 Å². The molecule has 1 aromatic heterocycles. The number of aliphatic imine (C=N–C) groups is 1. The molecule has 5 nitrogen and oxygen atoms in total. The van der Waals surface area contributed by atoms with Gasteiger partial charge < -0.3 is 15.5 Å². The molecule has 1 aliphatic rings. The summed E-state index contributed by atoms with van der Waals surface area (Å²) < 4.78 is 0. The average molecular weight is 465 g/mol. The molecular weight excluding hydrogens is 433 g/mol. The Kier molecular flexibility index (Phi) is 9.95. The molecule has 0 saturated carbocycles. The second-order valence-electron chi connectivity index (χ2n) is 6.50. The third-order valence-electron chi connectivity index (χ3n) is 4.26. The maximum atomic E-state index is 4.76. The molecular formula is C17H32IN5S. The first-order chi connectivity index (χ1) is 11.1. The lowest BCUT2D eigenvalue weighted by molar-refractivity contribution is 0.481. The zero-order valence-corrected chi connectivity index (χ0v) is 18.5. The van der Waals surface area contributed by atoms with Crippen LogP contribution in [0.3, 0.4) is 0 Å². The van der Waals surface area contributed by atoms with Gasteiger partial charge in [0.2, 0.25) is 0 Å². The van der Waals surface area contributed by atoms with Gasteiger partial charge in [-0.2, -0.15) is 0 Å². The molecule has 1 fully saturated rings. The summed E-state index contributed by atoms with van der Waals surface area (Å²) in [6.07, 6.45) is 3.49. The van der Waals surface area contributed by atoms with Crippen LogP contribution in [-0.2, 0) is 6.42 Å². The van der Waals surface area contributed by atoms with Crippen LogP contribution in [-0.4, -0.2) is 43.2 Å². The first-order valence-electron chi connectivity index (χ1n) is 8.84. The number of aromatic nitrogens is 1. The zero-order valence-electron chi connectivity index (χ0n) is 15.3. The van der Waals surface area contributed by atoms with Crippen molar-refractivity contribution in [3.63, 3.8) is 0 Å². The van der Waals surface area contributed by atoms with Crippen molar-refractivity contribution in [2.75, 3.05) is 31.1 Å². The van der Waals surface area contributed by atoms with Crippen LogP contribution < -0.4 is 15.5 Å². The minimum atomic E-state index is 0. The van der Waals surface area contributed by atoms with Crippen molar-refractivity contribution >= 4 is 46.4 Å². The van der Waals surface area contributed by atoms with Crippen LogP contribution in [0.2, 0.25) is 0 Å². The van der Waals surface area contributed by atoms with E-state index in [1.165, 1.54) is 18.0 Å². The fraction of sp³-hybridized carbons (Fsp3) is 0.765. The van der Waals surface area contributed by atoms with Crippen molar-refractivity contribution in [3.8, 4) is 0 Å².